The van der Waals surface area contributed by atoms with Gasteiger partial charge in [0, 0.05) is 24.1 Å². The van der Waals surface area contributed by atoms with E-state index in [1.165, 1.54) is 5.56 Å². The van der Waals surface area contributed by atoms with Gasteiger partial charge < -0.3 is 15.2 Å². The maximum Gasteiger partial charge on any atom is 0.200 e. The second-order valence-corrected chi connectivity index (χ2v) is 8.44. The zero-order valence-corrected chi connectivity index (χ0v) is 16.9. The quantitative estimate of drug-likeness (QED) is 0.691. The van der Waals surface area contributed by atoms with E-state index in [2.05, 4.69) is 30.3 Å². The predicted octanol–water partition coefficient (Wildman–Crippen LogP) is 4.14. The van der Waals surface area contributed by atoms with Crippen molar-refractivity contribution in [1.29, 1.82) is 5.26 Å². The van der Waals surface area contributed by atoms with Gasteiger partial charge >= 0.3 is 0 Å². The van der Waals surface area contributed by atoms with Crippen molar-refractivity contribution in [3.63, 3.8) is 0 Å². The molecule has 5 nitrogen and oxygen atoms in total. The maximum atomic E-state index is 10.3. The van der Waals surface area contributed by atoms with Gasteiger partial charge in [0.15, 0.2) is 11.5 Å². The van der Waals surface area contributed by atoms with Gasteiger partial charge in [-0.05, 0) is 29.7 Å². The van der Waals surface area contributed by atoms with E-state index in [0.29, 0.717) is 18.6 Å². The normalized spacial score (nSPS) is 30.4. The van der Waals surface area contributed by atoms with Crippen molar-refractivity contribution in [1.82, 2.24) is 4.98 Å². The molecule has 1 aromatic heterocycles. The molecule has 2 aliphatic heterocycles. The first-order valence-electron chi connectivity index (χ1n) is 10.5. The van der Waals surface area contributed by atoms with Crippen LogP contribution in [0.4, 0.5) is 0 Å². The zero-order chi connectivity index (χ0) is 21.1. The highest BCUT2D eigenvalue weighted by atomic mass is 16.5. The van der Waals surface area contributed by atoms with Crippen molar-refractivity contribution >= 4 is 0 Å². The molecule has 31 heavy (non-hydrogen) atoms. The number of nitriles is 1. The Morgan fingerprint density at radius 2 is 1.77 bits per heavy atom. The first-order valence-corrected chi connectivity index (χ1v) is 10.5. The van der Waals surface area contributed by atoms with Gasteiger partial charge in [-0.2, -0.15) is 5.26 Å². The van der Waals surface area contributed by atoms with Crippen molar-refractivity contribution in [3.8, 4) is 11.8 Å². The molecule has 3 heterocycles. The molecule has 3 aliphatic rings. The van der Waals surface area contributed by atoms with E-state index in [1.807, 2.05) is 48.5 Å². The van der Waals surface area contributed by atoms with E-state index < -0.39 is 11.0 Å². The number of fused-ring (bicyclic) bond motifs is 1. The first-order chi connectivity index (χ1) is 15.2. The molecule has 0 radical (unpaired) electrons. The summed E-state index contributed by atoms with van der Waals surface area (Å²) in [6.07, 6.45) is 2.43. The van der Waals surface area contributed by atoms with E-state index in [1.54, 1.807) is 6.20 Å². The fraction of sp³-hybridized carbons (Fsp3) is 0.231. The molecular weight excluding hydrogens is 386 g/mol. The average Bonchev–Trinajstić information content (AvgIpc) is 3.25. The molecular formula is C26H21N3O2. The monoisotopic (exact) mass is 407 g/mol. The largest absolute Gasteiger partial charge is 0.493 e. The molecule has 5 heteroatoms. The van der Waals surface area contributed by atoms with Crippen LogP contribution in [0.2, 0.25) is 0 Å². The second kappa shape index (κ2) is 6.36. The Labute approximate surface area is 180 Å². The summed E-state index contributed by atoms with van der Waals surface area (Å²) in [6, 6.07) is 26.6. The first kappa shape index (κ1) is 18.0. The average molecular weight is 407 g/mol. The number of ether oxygens (including phenoxy) is 2. The Morgan fingerprint density at radius 3 is 2.55 bits per heavy atom. The van der Waals surface area contributed by atoms with E-state index >= 15 is 0 Å². The lowest BCUT2D eigenvalue weighted by Crippen LogP contribution is -2.51. The number of benzene rings is 2. The predicted molar refractivity (Wildman–Crippen MR) is 115 cm³/mol. The van der Waals surface area contributed by atoms with Crippen LogP contribution in [0.5, 0.6) is 5.75 Å². The van der Waals surface area contributed by atoms with Crippen molar-refractivity contribution in [3.05, 3.63) is 107 Å². The lowest BCUT2D eigenvalue weighted by Gasteiger charge is -2.45. The Balaban J connectivity index is 1.71. The third-order valence-corrected chi connectivity index (χ3v) is 7.26. The SMILES string of the molecule is N#CC1=C(N)O[C@]2(c3ccccn3)C[C@H](c3ccccc3)[C@H]3COc4ccccc4[C@]132. The Hall–Kier alpha value is -3.78. The molecule has 3 aromatic rings. The van der Waals surface area contributed by atoms with Crippen molar-refractivity contribution in [2.75, 3.05) is 6.61 Å². The number of rotatable bonds is 2. The third kappa shape index (κ3) is 2.12. The molecule has 1 spiro atoms. The molecule has 4 atom stereocenters. The minimum atomic E-state index is -0.880. The summed E-state index contributed by atoms with van der Waals surface area (Å²) in [5, 5.41) is 10.3. The van der Waals surface area contributed by atoms with Crippen molar-refractivity contribution in [2.45, 2.75) is 23.4 Å². The highest BCUT2D eigenvalue weighted by molar-refractivity contribution is 5.62. The molecule has 2 aromatic carbocycles. The molecule has 0 unspecified atom stereocenters. The molecule has 1 fully saturated rings. The summed E-state index contributed by atoms with van der Waals surface area (Å²) in [7, 11) is 0. The molecule has 1 saturated carbocycles. The van der Waals surface area contributed by atoms with Crippen LogP contribution in [0.15, 0.2) is 90.4 Å². The van der Waals surface area contributed by atoms with Crippen LogP contribution in [-0.2, 0) is 15.8 Å². The summed E-state index contributed by atoms with van der Waals surface area (Å²) >= 11 is 0. The maximum absolute atomic E-state index is 10.3. The second-order valence-electron chi connectivity index (χ2n) is 8.44. The zero-order valence-electron chi connectivity index (χ0n) is 16.9. The van der Waals surface area contributed by atoms with Gasteiger partial charge in [0.05, 0.1) is 17.7 Å². The fourth-order valence-electron chi connectivity index (χ4n) is 6.20. The summed E-state index contributed by atoms with van der Waals surface area (Å²) in [6.45, 7) is 0.479. The van der Waals surface area contributed by atoms with Crippen molar-refractivity contribution < 1.29 is 9.47 Å². The Morgan fingerprint density at radius 1 is 1.00 bits per heavy atom. The smallest absolute Gasteiger partial charge is 0.200 e. The van der Waals surface area contributed by atoms with E-state index in [0.717, 1.165) is 17.0 Å². The van der Waals surface area contributed by atoms with Gasteiger partial charge in [-0.15, -0.1) is 0 Å². The summed E-state index contributed by atoms with van der Waals surface area (Å²) in [5.41, 5.74) is 8.20. The van der Waals surface area contributed by atoms with E-state index in [4.69, 9.17) is 20.2 Å². The highest BCUT2D eigenvalue weighted by Crippen LogP contribution is 2.72. The third-order valence-electron chi connectivity index (χ3n) is 7.26. The van der Waals surface area contributed by atoms with Gasteiger partial charge in [0.1, 0.15) is 17.4 Å². The van der Waals surface area contributed by atoms with Crippen LogP contribution in [0, 0.1) is 17.2 Å². The van der Waals surface area contributed by atoms with Crippen LogP contribution >= 0.6 is 0 Å². The Bertz CT molecular complexity index is 1230. The molecule has 152 valence electrons. The van der Waals surface area contributed by atoms with Crippen LogP contribution in [0.25, 0.3) is 0 Å². The van der Waals surface area contributed by atoms with Crippen LogP contribution < -0.4 is 10.5 Å². The summed E-state index contributed by atoms with van der Waals surface area (Å²) < 4.78 is 12.8. The standard InChI is InChI=1S/C26H21N3O2/c27-15-20-24(28)31-25(23-12-6-7-13-29-23)14-18(17-8-2-1-3-9-17)21-16-30-22-11-5-4-10-19(22)26(20,21)25/h1-13,18,21H,14,16,28H2/t18-,21-,25+,26+/m1/s1. The summed E-state index contributed by atoms with van der Waals surface area (Å²) in [5.74, 6) is 1.07. The molecule has 0 bridgehead atoms. The minimum absolute atomic E-state index is 0.0255. The minimum Gasteiger partial charge on any atom is -0.493 e. The molecule has 0 saturated heterocycles. The molecule has 6 rings (SSSR count). The van der Waals surface area contributed by atoms with Crippen LogP contribution in [0.1, 0.15) is 29.2 Å². The molecule has 2 N–H and O–H groups in total. The van der Waals surface area contributed by atoms with E-state index in [9.17, 15) is 5.26 Å². The van der Waals surface area contributed by atoms with Gasteiger partial charge in [-0.3, -0.25) is 4.98 Å². The number of nitrogens with zero attached hydrogens (tertiary/aromatic N) is 2. The molecule has 0 amide bonds. The number of hydrogen-bond donors (Lipinski definition) is 1. The van der Waals surface area contributed by atoms with Gasteiger partial charge in [-0.25, -0.2) is 0 Å². The topological polar surface area (TPSA) is 81.2 Å². The van der Waals surface area contributed by atoms with Gasteiger partial charge in [0.25, 0.3) is 0 Å². The number of pyridine rings is 1. The fourth-order valence-corrected chi connectivity index (χ4v) is 6.20. The summed E-state index contributed by atoms with van der Waals surface area (Å²) in [4.78, 5) is 4.73. The Kier molecular flexibility index (Phi) is 3.70. The lowest BCUT2D eigenvalue weighted by molar-refractivity contribution is -0.0317. The lowest BCUT2D eigenvalue weighted by atomic mass is 9.59. The number of aromatic nitrogens is 1. The van der Waals surface area contributed by atoms with Gasteiger partial charge in [-0.1, -0.05) is 54.6 Å². The number of nitrogens with two attached hydrogens (primary N) is 1. The highest BCUT2D eigenvalue weighted by Gasteiger charge is 2.75. The number of para-hydroxylation sites is 1. The van der Waals surface area contributed by atoms with Crippen LogP contribution in [-0.4, -0.2) is 11.6 Å². The number of hydrogen-bond acceptors (Lipinski definition) is 5. The van der Waals surface area contributed by atoms with Crippen LogP contribution in [0.3, 0.4) is 0 Å². The van der Waals surface area contributed by atoms with E-state index in [-0.39, 0.29) is 17.7 Å². The van der Waals surface area contributed by atoms with Crippen molar-refractivity contribution in [2.24, 2.45) is 11.7 Å². The molecule has 1 aliphatic carbocycles. The van der Waals surface area contributed by atoms with Gasteiger partial charge in [0.2, 0.25) is 0 Å².